The van der Waals surface area contributed by atoms with Crippen molar-refractivity contribution in [3.63, 3.8) is 0 Å². The first-order valence-electron chi connectivity index (χ1n) is 8.31. The summed E-state index contributed by atoms with van der Waals surface area (Å²) in [6.07, 6.45) is 1.18. The first kappa shape index (κ1) is 20.3. The van der Waals surface area contributed by atoms with Gasteiger partial charge in [-0.05, 0) is 33.6 Å². The van der Waals surface area contributed by atoms with Crippen molar-refractivity contribution >= 4 is 23.4 Å². The van der Waals surface area contributed by atoms with Crippen LogP contribution in [-0.2, 0) is 19.1 Å². The van der Waals surface area contributed by atoms with Crippen molar-refractivity contribution in [3.05, 3.63) is 0 Å². The summed E-state index contributed by atoms with van der Waals surface area (Å²) < 4.78 is 10.3. The average molecular weight is 340 g/mol. The summed E-state index contributed by atoms with van der Waals surface area (Å²) in [7, 11) is 1.52. The predicted molar refractivity (Wildman–Crippen MR) is 89.9 cm³/mol. The van der Waals surface area contributed by atoms with Crippen LogP contribution in [0.25, 0.3) is 0 Å². The van der Waals surface area contributed by atoms with Crippen molar-refractivity contribution in [2.75, 3.05) is 20.3 Å². The van der Waals surface area contributed by atoms with E-state index in [4.69, 9.17) is 9.47 Å². The summed E-state index contributed by atoms with van der Waals surface area (Å²) in [4.78, 5) is 36.6. The number of methoxy groups -OCH3 is 1. The van der Waals surface area contributed by atoms with E-state index in [-0.39, 0.29) is 31.1 Å². The lowest BCUT2D eigenvalue weighted by atomic mass is 9.82. The Bertz CT molecular complexity index is 500. The predicted octanol–water partition coefficient (Wildman–Crippen LogP) is 2.57. The Labute approximate surface area is 143 Å². The quantitative estimate of drug-likeness (QED) is 0.548. The maximum atomic E-state index is 12.3. The second-order valence-corrected chi connectivity index (χ2v) is 6.76. The molecule has 24 heavy (non-hydrogen) atoms. The molecule has 1 amide bonds. The minimum atomic E-state index is -0.837. The Morgan fingerprint density at radius 3 is 2.50 bits per heavy atom. The monoisotopic (exact) mass is 340 g/mol. The molecule has 136 valence electrons. The Hall–Kier alpha value is -1.76. The maximum absolute atomic E-state index is 12.3. The van der Waals surface area contributed by atoms with E-state index in [1.54, 1.807) is 27.7 Å². The summed E-state index contributed by atoms with van der Waals surface area (Å²) >= 11 is 0. The molecule has 0 spiro atoms. The highest BCUT2D eigenvalue weighted by molar-refractivity contribution is 6.22. The van der Waals surface area contributed by atoms with Crippen LogP contribution in [0.3, 0.4) is 0 Å². The molecule has 0 saturated heterocycles. The van der Waals surface area contributed by atoms with Crippen molar-refractivity contribution in [1.29, 1.82) is 0 Å². The van der Waals surface area contributed by atoms with Gasteiger partial charge in [-0.15, -0.1) is 0 Å². The molecular weight excluding hydrogens is 312 g/mol. The molecule has 0 aromatic rings. The molecule has 1 unspecified atom stereocenters. The highest BCUT2D eigenvalue weighted by Gasteiger charge is 2.34. The largest absolute Gasteiger partial charge is 0.442 e. The summed E-state index contributed by atoms with van der Waals surface area (Å²) in [5.74, 6) is -1.12. The van der Waals surface area contributed by atoms with Crippen LogP contribution in [0.1, 0.15) is 53.4 Å². The molecule has 0 aromatic carbocycles. The van der Waals surface area contributed by atoms with Crippen molar-refractivity contribution in [2.45, 2.75) is 59.0 Å². The van der Waals surface area contributed by atoms with Crippen molar-refractivity contribution in [3.8, 4) is 0 Å². The lowest BCUT2D eigenvalue weighted by Gasteiger charge is -2.27. The van der Waals surface area contributed by atoms with Crippen LogP contribution in [0.5, 0.6) is 0 Å². The molecule has 0 aliphatic heterocycles. The smallest absolute Gasteiger partial charge is 0.430 e. The molecule has 0 bridgehead atoms. The highest BCUT2D eigenvalue weighted by Crippen LogP contribution is 2.22. The number of carbonyl (C=O) groups is 3. The third-order valence-electron chi connectivity index (χ3n) is 3.54. The van der Waals surface area contributed by atoms with Crippen molar-refractivity contribution in [1.82, 2.24) is 5.01 Å². The standard InChI is InChI=1S/C17H28N2O5/c1-6-13(20)15-12(8-7-9-14(15)21)18-19(10-11-23-5)16(22)24-17(2,3)4/h15H,6-11H2,1-5H3/b18-12+. The summed E-state index contributed by atoms with van der Waals surface area (Å²) in [5.41, 5.74) is -0.219. The zero-order chi connectivity index (χ0) is 18.3. The molecule has 1 aliphatic carbocycles. The fourth-order valence-corrected chi connectivity index (χ4v) is 2.43. The second kappa shape index (κ2) is 8.92. The normalized spacial score (nSPS) is 20.1. The molecule has 0 N–H and O–H groups in total. The van der Waals surface area contributed by atoms with Gasteiger partial charge in [0.15, 0.2) is 0 Å². The van der Waals surface area contributed by atoms with E-state index < -0.39 is 17.6 Å². The third-order valence-corrected chi connectivity index (χ3v) is 3.54. The number of rotatable bonds is 6. The van der Waals surface area contributed by atoms with E-state index in [2.05, 4.69) is 5.10 Å². The number of ketones is 2. The first-order chi connectivity index (χ1) is 11.2. The number of amides is 1. The molecule has 0 aromatic heterocycles. The van der Waals surface area contributed by atoms with Crippen LogP contribution in [0.4, 0.5) is 4.79 Å². The van der Waals surface area contributed by atoms with Gasteiger partial charge in [-0.2, -0.15) is 10.1 Å². The first-order valence-corrected chi connectivity index (χ1v) is 8.31. The molecule has 1 aliphatic rings. The Morgan fingerprint density at radius 1 is 1.29 bits per heavy atom. The van der Waals surface area contributed by atoms with E-state index >= 15 is 0 Å². The molecule has 1 atom stereocenters. The average Bonchev–Trinajstić information content (AvgIpc) is 2.49. The van der Waals surface area contributed by atoms with Gasteiger partial charge in [0.05, 0.1) is 18.9 Å². The number of carbonyl (C=O) groups excluding carboxylic acids is 3. The molecular formula is C17H28N2O5. The van der Waals surface area contributed by atoms with E-state index in [0.717, 1.165) is 5.01 Å². The fraction of sp³-hybridized carbons (Fsp3) is 0.765. The van der Waals surface area contributed by atoms with Gasteiger partial charge in [-0.25, -0.2) is 4.79 Å². The van der Waals surface area contributed by atoms with Gasteiger partial charge in [0.1, 0.15) is 23.1 Å². The van der Waals surface area contributed by atoms with E-state index in [0.29, 0.717) is 25.0 Å². The van der Waals surface area contributed by atoms with Gasteiger partial charge in [-0.3, -0.25) is 9.59 Å². The van der Waals surface area contributed by atoms with Gasteiger partial charge >= 0.3 is 6.09 Å². The summed E-state index contributed by atoms with van der Waals surface area (Å²) in [6.45, 7) is 7.48. The van der Waals surface area contributed by atoms with Crippen LogP contribution in [0, 0.1) is 5.92 Å². The Kier molecular flexibility index (Phi) is 7.54. The zero-order valence-corrected chi connectivity index (χ0v) is 15.3. The zero-order valence-electron chi connectivity index (χ0n) is 15.3. The van der Waals surface area contributed by atoms with Crippen LogP contribution >= 0.6 is 0 Å². The maximum Gasteiger partial charge on any atom is 0.430 e. The third kappa shape index (κ3) is 6.03. The number of hydrogen-bond donors (Lipinski definition) is 0. The lowest BCUT2D eigenvalue weighted by Crippen LogP contribution is -2.40. The number of Topliss-reactive ketones (excluding diaryl/α,β-unsaturated/α-hetero) is 2. The van der Waals surface area contributed by atoms with Gasteiger partial charge in [-0.1, -0.05) is 6.92 Å². The van der Waals surface area contributed by atoms with Gasteiger partial charge < -0.3 is 9.47 Å². The van der Waals surface area contributed by atoms with Crippen LogP contribution in [-0.4, -0.2) is 54.2 Å². The molecule has 0 heterocycles. The van der Waals surface area contributed by atoms with E-state index in [1.165, 1.54) is 7.11 Å². The summed E-state index contributed by atoms with van der Waals surface area (Å²) in [6, 6.07) is 0. The summed E-state index contributed by atoms with van der Waals surface area (Å²) in [5, 5.41) is 5.46. The Balaban J connectivity index is 3.06. The molecule has 1 saturated carbocycles. The molecule has 7 heteroatoms. The van der Waals surface area contributed by atoms with Crippen LogP contribution < -0.4 is 0 Å². The molecule has 7 nitrogen and oxygen atoms in total. The Morgan fingerprint density at radius 2 is 1.96 bits per heavy atom. The van der Waals surface area contributed by atoms with Crippen LogP contribution in [0.15, 0.2) is 5.10 Å². The van der Waals surface area contributed by atoms with Crippen molar-refractivity contribution < 1.29 is 23.9 Å². The van der Waals surface area contributed by atoms with Gasteiger partial charge in [0.2, 0.25) is 0 Å². The minimum absolute atomic E-state index is 0.122. The van der Waals surface area contributed by atoms with E-state index in [9.17, 15) is 14.4 Å². The van der Waals surface area contributed by atoms with Gasteiger partial charge in [0, 0.05) is 20.0 Å². The van der Waals surface area contributed by atoms with E-state index in [1.807, 2.05) is 0 Å². The SMILES string of the molecule is CCC(=O)C1C(=O)CCC/C1=N\N(CCOC)C(=O)OC(C)(C)C. The number of ether oxygens (including phenoxy) is 2. The number of nitrogens with zero attached hydrogens (tertiary/aromatic N) is 2. The molecule has 0 radical (unpaired) electrons. The second-order valence-electron chi connectivity index (χ2n) is 6.76. The molecule has 1 rings (SSSR count). The van der Waals surface area contributed by atoms with Gasteiger partial charge in [0.25, 0.3) is 0 Å². The minimum Gasteiger partial charge on any atom is -0.442 e. The number of hydrazone groups is 1. The fourth-order valence-electron chi connectivity index (χ4n) is 2.43. The number of hydrogen-bond acceptors (Lipinski definition) is 6. The lowest BCUT2D eigenvalue weighted by molar-refractivity contribution is -0.130. The topological polar surface area (TPSA) is 85.3 Å². The molecule has 1 fully saturated rings. The van der Waals surface area contributed by atoms with Crippen LogP contribution in [0.2, 0.25) is 0 Å². The van der Waals surface area contributed by atoms with Crippen molar-refractivity contribution in [2.24, 2.45) is 11.0 Å². The highest BCUT2D eigenvalue weighted by atomic mass is 16.6.